The van der Waals surface area contributed by atoms with Gasteiger partial charge >= 0.3 is 5.97 Å². The molecule has 1 aliphatic rings. The highest BCUT2D eigenvalue weighted by Crippen LogP contribution is 2.41. The largest absolute Gasteiger partial charge is 0.483 e. The Kier molecular flexibility index (Phi) is 5.82. The third-order valence-electron chi connectivity index (χ3n) is 4.20. The molecule has 7 heteroatoms. The molecule has 0 unspecified atom stereocenters. The maximum absolute atomic E-state index is 13.5. The number of para-hydroxylation sites is 1. The van der Waals surface area contributed by atoms with Crippen LogP contribution >= 0.6 is 0 Å². The standard InChI is InChI=1S/C21H22FNO5/c1-21(2)10-14-7-5-9-17(20(14)28-21)26-13-19(25)27-12-18(24)23-11-15-6-3-4-8-16(15)22/h3-9H,10-13H2,1-2H3,(H,23,24). The molecule has 0 fully saturated rings. The van der Waals surface area contributed by atoms with E-state index in [0.29, 0.717) is 17.1 Å². The zero-order valence-electron chi connectivity index (χ0n) is 15.8. The number of carbonyl (C=O) groups excluding carboxylic acids is 2. The summed E-state index contributed by atoms with van der Waals surface area (Å²) in [6.07, 6.45) is 0.756. The summed E-state index contributed by atoms with van der Waals surface area (Å²) in [6.45, 7) is 3.16. The van der Waals surface area contributed by atoms with E-state index >= 15 is 0 Å². The van der Waals surface area contributed by atoms with E-state index in [1.54, 1.807) is 24.3 Å². The number of fused-ring (bicyclic) bond motifs is 1. The Bertz CT molecular complexity index is 881. The second kappa shape index (κ2) is 8.29. The summed E-state index contributed by atoms with van der Waals surface area (Å²) >= 11 is 0. The predicted molar refractivity (Wildman–Crippen MR) is 99.6 cm³/mol. The number of hydrogen-bond acceptors (Lipinski definition) is 5. The minimum Gasteiger partial charge on any atom is -0.483 e. The molecule has 1 amide bonds. The van der Waals surface area contributed by atoms with Gasteiger partial charge in [0.2, 0.25) is 0 Å². The minimum atomic E-state index is -0.684. The van der Waals surface area contributed by atoms with Crippen LogP contribution in [-0.2, 0) is 27.3 Å². The smallest absolute Gasteiger partial charge is 0.344 e. The quantitative estimate of drug-likeness (QED) is 0.740. The van der Waals surface area contributed by atoms with Crippen LogP contribution in [0.3, 0.4) is 0 Å². The van der Waals surface area contributed by atoms with E-state index in [1.807, 2.05) is 26.0 Å². The van der Waals surface area contributed by atoms with Gasteiger partial charge in [0.05, 0.1) is 0 Å². The summed E-state index contributed by atoms with van der Waals surface area (Å²) in [5.41, 5.74) is 1.05. The van der Waals surface area contributed by atoms with Crippen LogP contribution in [0, 0.1) is 5.82 Å². The lowest BCUT2D eigenvalue weighted by molar-refractivity contribution is -0.150. The minimum absolute atomic E-state index is 0.0167. The van der Waals surface area contributed by atoms with Gasteiger partial charge in [-0.15, -0.1) is 0 Å². The number of halogens is 1. The number of benzene rings is 2. The van der Waals surface area contributed by atoms with Crippen molar-refractivity contribution in [3.63, 3.8) is 0 Å². The first-order valence-electron chi connectivity index (χ1n) is 8.93. The summed E-state index contributed by atoms with van der Waals surface area (Å²) in [7, 11) is 0. The van der Waals surface area contributed by atoms with E-state index in [2.05, 4.69) is 5.32 Å². The fraction of sp³-hybridized carbons (Fsp3) is 0.333. The first-order valence-corrected chi connectivity index (χ1v) is 8.93. The SMILES string of the molecule is CC1(C)Cc2cccc(OCC(=O)OCC(=O)NCc3ccccc3F)c2O1. The van der Waals surface area contributed by atoms with Crippen LogP contribution in [-0.4, -0.2) is 30.7 Å². The lowest BCUT2D eigenvalue weighted by Gasteiger charge is -2.18. The van der Waals surface area contributed by atoms with Crippen molar-refractivity contribution in [1.82, 2.24) is 5.32 Å². The van der Waals surface area contributed by atoms with Gasteiger partial charge in [-0.2, -0.15) is 0 Å². The highest BCUT2D eigenvalue weighted by molar-refractivity contribution is 5.80. The first-order chi connectivity index (χ1) is 13.3. The summed E-state index contributed by atoms with van der Waals surface area (Å²) in [6, 6.07) is 11.6. The molecule has 1 aliphatic heterocycles. The molecule has 148 valence electrons. The predicted octanol–water partition coefficient (Wildman–Crippen LogP) is 2.78. The van der Waals surface area contributed by atoms with Gasteiger partial charge in [-0.1, -0.05) is 30.3 Å². The molecule has 6 nitrogen and oxygen atoms in total. The zero-order chi connectivity index (χ0) is 20.1. The van der Waals surface area contributed by atoms with Crippen LogP contribution < -0.4 is 14.8 Å². The van der Waals surface area contributed by atoms with Crippen LogP contribution in [0.1, 0.15) is 25.0 Å². The average Bonchev–Trinajstić information content (AvgIpc) is 2.98. The molecule has 0 saturated heterocycles. The van der Waals surface area contributed by atoms with Gasteiger partial charge in [0.25, 0.3) is 5.91 Å². The Balaban J connectivity index is 1.43. The number of carbonyl (C=O) groups is 2. The van der Waals surface area contributed by atoms with E-state index in [-0.39, 0.29) is 18.8 Å². The lowest BCUT2D eigenvalue weighted by Crippen LogP contribution is -2.29. The molecule has 1 heterocycles. The van der Waals surface area contributed by atoms with Crippen molar-refractivity contribution in [3.8, 4) is 11.5 Å². The molecule has 1 N–H and O–H groups in total. The van der Waals surface area contributed by atoms with Crippen LogP contribution in [0.15, 0.2) is 42.5 Å². The summed E-state index contributed by atoms with van der Waals surface area (Å²) in [5.74, 6) is -0.529. The average molecular weight is 387 g/mol. The highest BCUT2D eigenvalue weighted by Gasteiger charge is 2.32. The maximum atomic E-state index is 13.5. The normalized spacial score (nSPS) is 14.0. The van der Waals surface area contributed by atoms with E-state index in [0.717, 1.165) is 12.0 Å². The molecule has 0 spiro atoms. The number of ether oxygens (including phenoxy) is 3. The van der Waals surface area contributed by atoms with Crippen molar-refractivity contribution >= 4 is 11.9 Å². The fourth-order valence-electron chi connectivity index (χ4n) is 2.91. The van der Waals surface area contributed by atoms with Crippen molar-refractivity contribution in [1.29, 1.82) is 0 Å². The van der Waals surface area contributed by atoms with Gasteiger partial charge in [0, 0.05) is 24.1 Å². The van der Waals surface area contributed by atoms with Crippen molar-refractivity contribution in [2.45, 2.75) is 32.4 Å². The molecular formula is C21H22FNO5. The first kappa shape index (κ1) is 19.7. The Hall–Kier alpha value is -3.09. The monoisotopic (exact) mass is 387 g/mol. The number of nitrogens with one attached hydrogen (secondary N) is 1. The molecule has 0 atom stereocenters. The Labute approximate surface area is 162 Å². The van der Waals surface area contributed by atoms with Crippen molar-refractivity contribution < 1.29 is 28.2 Å². The third-order valence-corrected chi connectivity index (χ3v) is 4.20. The third kappa shape index (κ3) is 5.00. The lowest BCUT2D eigenvalue weighted by atomic mass is 10.0. The Morgan fingerprint density at radius 3 is 2.71 bits per heavy atom. The topological polar surface area (TPSA) is 73.9 Å². The number of amides is 1. The summed E-state index contributed by atoms with van der Waals surface area (Å²) in [4.78, 5) is 23.6. The van der Waals surface area contributed by atoms with E-state index in [9.17, 15) is 14.0 Å². The second-order valence-corrected chi connectivity index (χ2v) is 7.10. The van der Waals surface area contributed by atoms with E-state index in [1.165, 1.54) is 6.07 Å². The van der Waals surface area contributed by atoms with Crippen LogP contribution in [0.4, 0.5) is 4.39 Å². The molecule has 2 aromatic rings. The molecule has 0 radical (unpaired) electrons. The molecule has 0 aromatic heterocycles. The van der Waals surface area contributed by atoms with Crippen LogP contribution in [0.5, 0.6) is 11.5 Å². The van der Waals surface area contributed by atoms with Gasteiger partial charge in [-0.25, -0.2) is 9.18 Å². The van der Waals surface area contributed by atoms with Gasteiger partial charge in [0.1, 0.15) is 11.4 Å². The summed E-state index contributed by atoms with van der Waals surface area (Å²) in [5, 5.41) is 2.49. The van der Waals surface area contributed by atoms with Crippen molar-refractivity contribution in [2.24, 2.45) is 0 Å². The van der Waals surface area contributed by atoms with Gasteiger partial charge < -0.3 is 19.5 Å². The molecule has 0 aliphatic carbocycles. The zero-order valence-corrected chi connectivity index (χ0v) is 15.8. The second-order valence-electron chi connectivity index (χ2n) is 7.10. The molecule has 2 aromatic carbocycles. The number of hydrogen-bond donors (Lipinski definition) is 1. The molecule has 0 saturated carbocycles. The van der Waals surface area contributed by atoms with Crippen LogP contribution in [0.2, 0.25) is 0 Å². The van der Waals surface area contributed by atoms with Gasteiger partial charge in [-0.05, 0) is 26.0 Å². The van der Waals surface area contributed by atoms with Gasteiger partial charge in [-0.3, -0.25) is 4.79 Å². The van der Waals surface area contributed by atoms with E-state index < -0.39 is 24.3 Å². The highest BCUT2D eigenvalue weighted by atomic mass is 19.1. The fourth-order valence-corrected chi connectivity index (χ4v) is 2.91. The number of rotatable bonds is 7. The maximum Gasteiger partial charge on any atom is 0.344 e. The molecule has 28 heavy (non-hydrogen) atoms. The Morgan fingerprint density at radius 2 is 1.93 bits per heavy atom. The molecular weight excluding hydrogens is 365 g/mol. The van der Waals surface area contributed by atoms with Crippen LogP contribution in [0.25, 0.3) is 0 Å². The Morgan fingerprint density at radius 1 is 1.14 bits per heavy atom. The molecule has 0 bridgehead atoms. The summed E-state index contributed by atoms with van der Waals surface area (Å²) < 4.78 is 29.8. The van der Waals surface area contributed by atoms with Crippen molar-refractivity contribution in [3.05, 3.63) is 59.4 Å². The molecule has 3 rings (SSSR count). The number of esters is 1. The van der Waals surface area contributed by atoms with E-state index in [4.69, 9.17) is 14.2 Å². The van der Waals surface area contributed by atoms with Gasteiger partial charge in [0.15, 0.2) is 24.7 Å². The van der Waals surface area contributed by atoms with Crippen molar-refractivity contribution in [2.75, 3.05) is 13.2 Å².